The predicted octanol–water partition coefficient (Wildman–Crippen LogP) is 4.98. The van der Waals surface area contributed by atoms with Gasteiger partial charge < -0.3 is 24.1 Å². The predicted molar refractivity (Wildman–Crippen MR) is 142 cm³/mol. The van der Waals surface area contributed by atoms with Crippen LogP contribution in [0.4, 0.5) is 0 Å². The van der Waals surface area contributed by atoms with Crippen LogP contribution in [-0.2, 0) is 23.0 Å². The first kappa shape index (κ1) is 23.8. The highest BCUT2D eigenvalue weighted by Crippen LogP contribution is 2.81. The van der Waals surface area contributed by atoms with Crippen molar-refractivity contribution in [2.24, 2.45) is 17.3 Å². The number of phenols is 1. The number of aromatic hydroxyl groups is 1. The van der Waals surface area contributed by atoms with Crippen LogP contribution in [0, 0.1) is 17.3 Å². The lowest BCUT2D eigenvalue weighted by molar-refractivity contribution is -0.337. The molecule has 204 valence electrons. The Morgan fingerprint density at radius 2 is 2.03 bits per heavy atom. The van der Waals surface area contributed by atoms with Gasteiger partial charge in [0, 0.05) is 43.0 Å². The topological polar surface area (TPSA) is 75.3 Å². The molecule has 1 saturated heterocycles. The highest BCUT2D eigenvalue weighted by molar-refractivity contribution is 5.65. The second kappa shape index (κ2) is 7.38. The number of hydrogen-bond donors (Lipinski definition) is 2. The Kier molecular flexibility index (Phi) is 4.63. The number of fused-ring (bicyclic) bond motifs is 2. The first-order valence-corrected chi connectivity index (χ1v) is 14.8. The quantitative estimate of drug-likeness (QED) is 0.537. The second-order valence-corrected chi connectivity index (χ2v) is 13.8. The number of hydrogen-bond acceptors (Lipinski definition) is 6. The van der Waals surface area contributed by atoms with E-state index in [0.717, 1.165) is 50.3 Å². The summed E-state index contributed by atoms with van der Waals surface area (Å²) in [7, 11) is 1.82. The zero-order valence-electron chi connectivity index (χ0n) is 23.0. The maximum absolute atomic E-state index is 12.3. The number of aryl methyl sites for hydroxylation is 1. The van der Waals surface area contributed by atoms with Crippen LogP contribution in [0.1, 0.15) is 75.7 Å². The second-order valence-electron chi connectivity index (χ2n) is 13.8. The summed E-state index contributed by atoms with van der Waals surface area (Å²) < 4.78 is 19.4. The molecule has 2 N–H and O–H groups in total. The Morgan fingerprint density at radius 1 is 1.18 bits per heavy atom. The van der Waals surface area contributed by atoms with Crippen molar-refractivity contribution < 1.29 is 24.1 Å². The first-order valence-electron chi connectivity index (χ1n) is 14.8. The summed E-state index contributed by atoms with van der Waals surface area (Å²) in [5, 5.41) is 23.5. The molecule has 38 heavy (non-hydrogen) atoms. The van der Waals surface area contributed by atoms with Gasteiger partial charge in [0.1, 0.15) is 17.0 Å². The number of piperidine rings is 1. The average Bonchev–Trinajstić information content (AvgIpc) is 3.45. The number of phenolic OH excluding ortho intramolecular Hbond substituents is 1. The molecule has 4 bridgehead atoms. The lowest BCUT2D eigenvalue weighted by atomic mass is 9.30. The number of furan rings is 1. The van der Waals surface area contributed by atoms with Crippen molar-refractivity contribution in [3.8, 4) is 11.5 Å². The van der Waals surface area contributed by atoms with Crippen LogP contribution in [-0.4, -0.2) is 58.2 Å². The third-order valence-corrected chi connectivity index (χ3v) is 12.5. The molecular weight excluding hydrogens is 478 g/mol. The molecule has 1 aromatic heterocycles. The summed E-state index contributed by atoms with van der Waals surface area (Å²) in [6, 6.07) is 8.32. The minimum atomic E-state index is -0.961. The number of nitrogens with zero attached hydrogens (tertiary/aromatic N) is 1. The van der Waals surface area contributed by atoms with E-state index in [4.69, 9.17) is 13.9 Å². The van der Waals surface area contributed by atoms with Crippen molar-refractivity contribution in [3.05, 3.63) is 47.4 Å². The van der Waals surface area contributed by atoms with E-state index in [-0.39, 0.29) is 22.5 Å². The van der Waals surface area contributed by atoms with Crippen molar-refractivity contribution in [1.82, 2.24) is 4.90 Å². The fourth-order valence-corrected chi connectivity index (χ4v) is 10.8. The van der Waals surface area contributed by atoms with E-state index in [9.17, 15) is 10.2 Å². The van der Waals surface area contributed by atoms with E-state index >= 15 is 0 Å². The average molecular weight is 520 g/mol. The molecule has 5 fully saturated rings. The van der Waals surface area contributed by atoms with Crippen LogP contribution in [0.2, 0.25) is 0 Å². The minimum absolute atomic E-state index is 0.0272. The summed E-state index contributed by atoms with van der Waals surface area (Å²) >= 11 is 0. The molecule has 7 atom stereocenters. The summed E-state index contributed by atoms with van der Waals surface area (Å²) in [6.45, 7) is 6.53. The molecule has 2 aromatic rings. The Hall–Kier alpha value is -2.02. The van der Waals surface area contributed by atoms with E-state index < -0.39 is 16.8 Å². The molecule has 9 rings (SSSR count). The van der Waals surface area contributed by atoms with Gasteiger partial charge in [0.15, 0.2) is 11.5 Å². The zero-order valence-corrected chi connectivity index (χ0v) is 23.0. The maximum Gasteiger partial charge on any atom is 0.166 e. The maximum atomic E-state index is 12.3. The Morgan fingerprint density at radius 3 is 2.76 bits per heavy atom. The lowest BCUT2D eigenvalue weighted by Crippen LogP contribution is -2.87. The Balaban J connectivity index is 1.31. The van der Waals surface area contributed by atoms with Crippen molar-refractivity contribution in [2.45, 2.75) is 99.9 Å². The largest absolute Gasteiger partial charge is 0.504 e. The van der Waals surface area contributed by atoms with Crippen molar-refractivity contribution in [2.75, 3.05) is 20.2 Å². The van der Waals surface area contributed by atoms with Gasteiger partial charge in [-0.1, -0.05) is 6.07 Å². The minimum Gasteiger partial charge on any atom is -0.504 e. The molecule has 1 unspecified atom stereocenters. The number of likely N-dealkylation sites (tertiary alicyclic amines) is 1. The molecule has 6 heteroatoms. The fourth-order valence-electron chi connectivity index (χ4n) is 10.8. The highest BCUT2D eigenvalue weighted by Gasteiger charge is 2.86. The number of benzene rings is 1. The highest BCUT2D eigenvalue weighted by atomic mass is 16.6. The molecule has 2 aliphatic heterocycles. The first-order chi connectivity index (χ1) is 18.2. The van der Waals surface area contributed by atoms with Gasteiger partial charge in [-0.05, 0) is 101 Å². The van der Waals surface area contributed by atoms with Crippen molar-refractivity contribution in [3.63, 3.8) is 0 Å². The van der Waals surface area contributed by atoms with Gasteiger partial charge >= 0.3 is 0 Å². The van der Waals surface area contributed by atoms with Gasteiger partial charge in [-0.25, -0.2) is 0 Å². The smallest absolute Gasteiger partial charge is 0.166 e. The third kappa shape index (κ3) is 2.57. The molecule has 0 radical (unpaired) electrons. The molecule has 6 nitrogen and oxygen atoms in total. The molecular formula is C32H41NO5. The zero-order chi connectivity index (χ0) is 26.1. The van der Waals surface area contributed by atoms with Gasteiger partial charge in [-0.15, -0.1) is 0 Å². The number of ether oxygens (including phenoxy) is 2. The summed E-state index contributed by atoms with van der Waals surface area (Å²) in [5.74, 6) is 2.57. The van der Waals surface area contributed by atoms with Crippen LogP contribution in [0.25, 0.3) is 0 Å². The van der Waals surface area contributed by atoms with Gasteiger partial charge in [0.05, 0.1) is 17.3 Å². The van der Waals surface area contributed by atoms with Gasteiger partial charge in [0.25, 0.3) is 0 Å². The van der Waals surface area contributed by atoms with E-state index in [1.165, 1.54) is 30.5 Å². The van der Waals surface area contributed by atoms with Crippen molar-refractivity contribution >= 4 is 0 Å². The van der Waals surface area contributed by atoms with Crippen LogP contribution in [0.5, 0.6) is 11.5 Å². The number of rotatable bonds is 7. The molecule has 1 aromatic carbocycles. The van der Waals surface area contributed by atoms with E-state index in [1.807, 2.05) is 32.2 Å². The number of methoxy groups -OCH3 is 1. The summed E-state index contributed by atoms with van der Waals surface area (Å²) in [6.07, 6.45) is 10.6. The van der Waals surface area contributed by atoms with Crippen LogP contribution < -0.4 is 4.74 Å². The van der Waals surface area contributed by atoms with Gasteiger partial charge in [-0.2, -0.15) is 0 Å². The van der Waals surface area contributed by atoms with E-state index in [1.54, 1.807) is 6.26 Å². The Bertz CT molecular complexity index is 1290. The molecule has 7 aliphatic rings. The van der Waals surface area contributed by atoms with E-state index in [2.05, 4.69) is 17.9 Å². The number of aliphatic hydroxyl groups is 1. The molecule has 3 heterocycles. The molecule has 0 amide bonds. The van der Waals surface area contributed by atoms with Crippen LogP contribution >= 0.6 is 0 Å². The molecule has 5 aliphatic carbocycles. The molecule has 2 spiro atoms. The fraction of sp³-hybridized carbons (Fsp3) is 0.688. The standard InChI is InChI=1S/C32H41NO5/c1-28(35,11-10-22-5-4-16-37-22)24-18-30-12-13-32(24,36-3)29(2)31(30)14-15-33(19-20-6-7-20)25(30)17-21-8-9-23(34)27(38-29)26(21)31/h4-5,8-9,16,20,24-25,34-35H,6-7,10-15,17-19H2,1-3H3/t24?,25-,28-,29+,30-,31+,32-/m1/s1. The lowest BCUT2D eigenvalue weighted by Gasteiger charge is -2.78. The van der Waals surface area contributed by atoms with E-state index in [0.29, 0.717) is 24.6 Å². The normalized spacial score (nSPS) is 42.0. The Labute approximate surface area is 225 Å². The van der Waals surface area contributed by atoms with Crippen molar-refractivity contribution in [1.29, 1.82) is 0 Å². The van der Waals surface area contributed by atoms with Crippen LogP contribution in [0.3, 0.4) is 0 Å². The SMILES string of the molecule is CO[C@]12CC[C@@]3(CC1[C@](C)(O)CCc1ccco1)[C@H]1Cc4ccc(O)c5c4[C@@]3(CCN1CC1CC1)[C@]2(C)O5. The summed E-state index contributed by atoms with van der Waals surface area (Å²) in [4.78, 5) is 2.82. The monoisotopic (exact) mass is 519 g/mol. The van der Waals surface area contributed by atoms with Gasteiger partial charge in [0.2, 0.25) is 0 Å². The molecule has 4 saturated carbocycles. The summed E-state index contributed by atoms with van der Waals surface area (Å²) in [5.41, 5.74) is 0.0519. The van der Waals surface area contributed by atoms with Crippen LogP contribution in [0.15, 0.2) is 34.9 Å². The van der Waals surface area contributed by atoms with Gasteiger partial charge in [-0.3, -0.25) is 4.90 Å². The third-order valence-electron chi connectivity index (χ3n) is 12.5.